The predicted octanol–water partition coefficient (Wildman–Crippen LogP) is 0.924. The van der Waals surface area contributed by atoms with Crippen molar-refractivity contribution in [2.75, 3.05) is 13.7 Å². The minimum absolute atomic E-state index is 0.00236. The van der Waals surface area contributed by atoms with Crippen molar-refractivity contribution in [2.24, 2.45) is 0 Å². The van der Waals surface area contributed by atoms with Gasteiger partial charge in [-0.2, -0.15) is 0 Å². The fourth-order valence-corrected chi connectivity index (χ4v) is 3.81. The number of rotatable bonds is 6. The molecule has 5 atom stereocenters. The molecular formula is C24H24O11. The van der Waals surface area contributed by atoms with E-state index in [0.29, 0.717) is 11.3 Å². The lowest BCUT2D eigenvalue weighted by molar-refractivity contribution is -0.281. The highest BCUT2D eigenvalue weighted by Crippen LogP contribution is 2.34. The number of aliphatic hydroxyl groups excluding tert-OH is 3. The van der Waals surface area contributed by atoms with Crippen molar-refractivity contribution in [2.45, 2.75) is 37.6 Å². The number of carbonyl (C=O) groups excluding carboxylic acids is 1. The van der Waals surface area contributed by atoms with Crippen LogP contribution >= 0.6 is 0 Å². The van der Waals surface area contributed by atoms with Gasteiger partial charge in [0.25, 0.3) is 0 Å². The summed E-state index contributed by atoms with van der Waals surface area (Å²) in [5, 5.41) is 40.4. The SMILES string of the molecule is COc1ccc(-c2cc(=O)c3c(O)cc(O[C@@H]4OC(CO)[C@@H](O)[C@H](O)C4OC(C)=O)cc3o2)cc1. The van der Waals surface area contributed by atoms with Gasteiger partial charge in [-0.1, -0.05) is 0 Å². The Morgan fingerprint density at radius 3 is 2.40 bits per heavy atom. The monoisotopic (exact) mass is 488 g/mol. The molecule has 35 heavy (non-hydrogen) atoms. The second-order valence-electron chi connectivity index (χ2n) is 7.92. The van der Waals surface area contributed by atoms with Crippen LogP contribution in [0.5, 0.6) is 17.2 Å². The summed E-state index contributed by atoms with van der Waals surface area (Å²) in [7, 11) is 1.53. The molecule has 0 saturated carbocycles. The quantitative estimate of drug-likeness (QED) is 0.365. The van der Waals surface area contributed by atoms with E-state index in [1.54, 1.807) is 24.3 Å². The van der Waals surface area contributed by atoms with Gasteiger partial charge in [0.1, 0.15) is 52.3 Å². The number of hydrogen-bond acceptors (Lipinski definition) is 11. The summed E-state index contributed by atoms with van der Waals surface area (Å²) in [4.78, 5) is 24.2. The van der Waals surface area contributed by atoms with E-state index in [9.17, 15) is 30.0 Å². The molecule has 1 fully saturated rings. The molecule has 1 aliphatic rings. The van der Waals surface area contributed by atoms with Gasteiger partial charge in [-0.05, 0) is 24.3 Å². The number of hydrogen-bond donors (Lipinski definition) is 4. The average molecular weight is 488 g/mol. The van der Waals surface area contributed by atoms with E-state index in [1.165, 1.54) is 19.2 Å². The summed E-state index contributed by atoms with van der Waals surface area (Å²) in [5.74, 6) is -0.405. The van der Waals surface area contributed by atoms with Gasteiger partial charge in [0.2, 0.25) is 6.29 Å². The van der Waals surface area contributed by atoms with Crippen LogP contribution in [-0.2, 0) is 14.3 Å². The van der Waals surface area contributed by atoms with Crippen LogP contribution in [0.2, 0.25) is 0 Å². The Morgan fingerprint density at radius 2 is 1.77 bits per heavy atom. The second-order valence-corrected chi connectivity index (χ2v) is 7.92. The number of ether oxygens (including phenoxy) is 4. The number of carbonyl (C=O) groups is 1. The van der Waals surface area contributed by atoms with Crippen molar-refractivity contribution in [3.63, 3.8) is 0 Å². The molecule has 2 heterocycles. The van der Waals surface area contributed by atoms with Crippen LogP contribution in [0.3, 0.4) is 0 Å². The molecule has 3 aromatic rings. The predicted molar refractivity (Wildman–Crippen MR) is 120 cm³/mol. The molecule has 186 valence electrons. The van der Waals surface area contributed by atoms with E-state index in [0.717, 1.165) is 13.0 Å². The van der Waals surface area contributed by atoms with Gasteiger partial charge < -0.3 is 43.8 Å². The lowest BCUT2D eigenvalue weighted by Crippen LogP contribution is -2.61. The van der Waals surface area contributed by atoms with Crippen LogP contribution in [0, 0.1) is 0 Å². The fraction of sp³-hybridized carbons (Fsp3) is 0.333. The number of methoxy groups -OCH3 is 1. The van der Waals surface area contributed by atoms with Crippen LogP contribution in [0.25, 0.3) is 22.3 Å². The number of fused-ring (bicyclic) bond motifs is 1. The van der Waals surface area contributed by atoms with Gasteiger partial charge in [0.15, 0.2) is 11.5 Å². The first kappa shape index (κ1) is 24.5. The molecule has 0 bridgehead atoms. The standard InChI is InChI=1S/C24H24O11/c1-11(26)32-23-22(30)21(29)19(10-25)35-24(23)33-14-7-15(27)20-16(28)9-17(34-18(20)8-14)12-3-5-13(31-2)6-4-12/h3-9,19,21-25,27,29-30H,10H2,1-2H3/t19?,21-,22+,23?,24-/m1/s1. The van der Waals surface area contributed by atoms with Gasteiger partial charge in [-0.25, -0.2) is 0 Å². The van der Waals surface area contributed by atoms with Crippen molar-refractivity contribution in [3.8, 4) is 28.6 Å². The Morgan fingerprint density at radius 1 is 1.06 bits per heavy atom. The molecule has 1 aromatic heterocycles. The minimum atomic E-state index is -1.62. The highest BCUT2D eigenvalue weighted by molar-refractivity contribution is 5.86. The molecule has 0 spiro atoms. The minimum Gasteiger partial charge on any atom is -0.507 e. The normalized spacial score (nSPS) is 24.2. The van der Waals surface area contributed by atoms with E-state index in [4.69, 9.17) is 23.4 Å². The smallest absolute Gasteiger partial charge is 0.303 e. The zero-order chi connectivity index (χ0) is 25.3. The molecule has 0 radical (unpaired) electrons. The molecule has 1 aliphatic heterocycles. The van der Waals surface area contributed by atoms with Gasteiger partial charge in [0.05, 0.1) is 13.7 Å². The van der Waals surface area contributed by atoms with Gasteiger partial charge in [-0.3, -0.25) is 9.59 Å². The Labute approximate surface area is 198 Å². The van der Waals surface area contributed by atoms with E-state index in [-0.39, 0.29) is 22.5 Å². The summed E-state index contributed by atoms with van der Waals surface area (Å²) >= 11 is 0. The maximum atomic E-state index is 12.7. The largest absolute Gasteiger partial charge is 0.507 e. The summed E-state index contributed by atoms with van der Waals surface area (Å²) in [5.41, 5.74) is 0.0909. The van der Waals surface area contributed by atoms with Gasteiger partial charge in [-0.15, -0.1) is 0 Å². The average Bonchev–Trinajstić information content (AvgIpc) is 2.83. The Kier molecular flexibility index (Phi) is 6.94. The molecule has 11 heteroatoms. The van der Waals surface area contributed by atoms with E-state index >= 15 is 0 Å². The molecule has 4 N–H and O–H groups in total. The number of aromatic hydroxyl groups is 1. The Balaban J connectivity index is 1.71. The molecule has 2 aromatic carbocycles. The third kappa shape index (κ3) is 4.93. The van der Waals surface area contributed by atoms with Crippen LogP contribution < -0.4 is 14.9 Å². The molecular weight excluding hydrogens is 464 g/mol. The lowest BCUT2D eigenvalue weighted by atomic mass is 9.99. The zero-order valence-corrected chi connectivity index (χ0v) is 18.8. The first-order valence-electron chi connectivity index (χ1n) is 10.6. The lowest BCUT2D eigenvalue weighted by Gasteiger charge is -2.41. The van der Waals surface area contributed by atoms with E-state index in [2.05, 4.69) is 0 Å². The highest BCUT2D eigenvalue weighted by Gasteiger charge is 2.47. The topological polar surface area (TPSA) is 165 Å². The summed E-state index contributed by atoms with van der Waals surface area (Å²) in [6.45, 7) is 0.458. The maximum Gasteiger partial charge on any atom is 0.303 e. The molecule has 11 nitrogen and oxygen atoms in total. The van der Waals surface area contributed by atoms with Crippen molar-refractivity contribution in [3.05, 3.63) is 52.7 Å². The van der Waals surface area contributed by atoms with Crippen LogP contribution in [0.4, 0.5) is 0 Å². The Bertz CT molecular complexity index is 1270. The summed E-state index contributed by atoms with van der Waals surface area (Å²) in [6.07, 6.45) is -7.29. The number of esters is 1. The third-order valence-electron chi connectivity index (χ3n) is 5.54. The van der Waals surface area contributed by atoms with E-state index < -0.39 is 54.5 Å². The number of phenolic OH excluding ortho intramolecular Hbond substituents is 1. The van der Waals surface area contributed by atoms with Crippen LogP contribution in [0.15, 0.2) is 51.7 Å². The maximum absolute atomic E-state index is 12.7. The third-order valence-corrected chi connectivity index (χ3v) is 5.54. The first-order valence-corrected chi connectivity index (χ1v) is 10.6. The van der Waals surface area contributed by atoms with Crippen molar-refractivity contribution in [1.29, 1.82) is 0 Å². The second kappa shape index (κ2) is 9.92. The van der Waals surface area contributed by atoms with E-state index in [1.807, 2.05) is 0 Å². The zero-order valence-electron chi connectivity index (χ0n) is 18.8. The Hall–Kier alpha value is -3.64. The van der Waals surface area contributed by atoms with Gasteiger partial charge in [0, 0.05) is 30.7 Å². The van der Waals surface area contributed by atoms with Crippen molar-refractivity contribution in [1.82, 2.24) is 0 Å². The summed E-state index contributed by atoms with van der Waals surface area (Å²) < 4.78 is 27.2. The molecule has 0 aliphatic carbocycles. The van der Waals surface area contributed by atoms with Crippen LogP contribution in [-0.4, -0.2) is 70.8 Å². The summed E-state index contributed by atoms with van der Waals surface area (Å²) in [6, 6.07) is 10.5. The first-order chi connectivity index (χ1) is 16.7. The molecule has 1 saturated heterocycles. The molecule has 2 unspecified atom stereocenters. The number of benzene rings is 2. The number of aliphatic hydroxyl groups is 3. The van der Waals surface area contributed by atoms with Crippen molar-refractivity contribution >= 4 is 16.9 Å². The number of phenols is 1. The fourth-order valence-electron chi connectivity index (χ4n) is 3.81. The van der Waals surface area contributed by atoms with Crippen LogP contribution in [0.1, 0.15) is 6.92 Å². The van der Waals surface area contributed by atoms with Crippen molar-refractivity contribution < 1.29 is 48.6 Å². The molecule has 0 amide bonds. The highest BCUT2D eigenvalue weighted by atomic mass is 16.7. The molecule has 4 rings (SSSR count). The van der Waals surface area contributed by atoms with Gasteiger partial charge >= 0.3 is 5.97 Å².